The third-order valence-electron chi connectivity index (χ3n) is 4.35. The highest BCUT2D eigenvalue weighted by atomic mass is 32.1. The molecule has 2 aliphatic heterocycles. The van der Waals surface area contributed by atoms with E-state index in [0.29, 0.717) is 12.0 Å². The summed E-state index contributed by atoms with van der Waals surface area (Å²) in [7, 11) is 0. The predicted octanol–water partition coefficient (Wildman–Crippen LogP) is 3.15. The molecule has 0 saturated carbocycles. The molecular formula is C16H17NO2S. The first-order chi connectivity index (χ1) is 9.70. The van der Waals surface area contributed by atoms with Crippen LogP contribution in [0, 0.1) is 5.92 Å². The summed E-state index contributed by atoms with van der Waals surface area (Å²) in [4.78, 5) is 15.4. The van der Waals surface area contributed by atoms with Gasteiger partial charge in [-0.3, -0.25) is 4.79 Å². The van der Waals surface area contributed by atoms with Crippen molar-refractivity contribution in [3.05, 3.63) is 35.2 Å². The van der Waals surface area contributed by atoms with Crippen molar-refractivity contribution < 1.29 is 9.53 Å². The Kier molecular flexibility index (Phi) is 2.82. The molecule has 0 spiro atoms. The Hall–Kier alpha value is -1.39. The molecule has 4 rings (SSSR count). The molecule has 3 heterocycles. The summed E-state index contributed by atoms with van der Waals surface area (Å²) in [5, 5.41) is 1.16. The lowest BCUT2D eigenvalue weighted by Crippen LogP contribution is -2.30. The number of nitrogens with zero attached hydrogens (tertiary/aromatic N) is 1. The number of carbonyl (C=O) groups is 1. The van der Waals surface area contributed by atoms with Crippen LogP contribution in [0.4, 0.5) is 0 Å². The standard InChI is InChI=1S/C16H17NO2S/c1-10-6-12-8-17(9-13(12)19-10)16(18)15-7-11-4-2-3-5-14(11)20-15/h2-5,7,10,12-13H,6,8-9H2,1H3/t10-,12+,13-/m1/s1. The van der Waals surface area contributed by atoms with Gasteiger partial charge in [-0.2, -0.15) is 0 Å². The van der Waals surface area contributed by atoms with Crippen LogP contribution in [0.5, 0.6) is 0 Å². The Morgan fingerprint density at radius 3 is 3.00 bits per heavy atom. The number of carbonyl (C=O) groups excluding carboxylic acids is 1. The number of hydrogen-bond donors (Lipinski definition) is 0. The van der Waals surface area contributed by atoms with E-state index >= 15 is 0 Å². The minimum atomic E-state index is 0.164. The number of rotatable bonds is 1. The van der Waals surface area contributed by atoms with Gasteiger partial charge in [-0.1, -0.05) is 18.2 Å². The highest BCUT2D eigenvalue weighted by molar-refractivity contribution is 7.20. The minimum absolute atomic E-state index is 0.164. The summed E-state index contributed by atoms with van der Waals surface area (Å²) in [6.07, 6.45) is 1.69. The summed E-state index contributed by atoms with van der Waals surface area (Å²) in [6.45, 7) is 3.72. The molecule has 0 aliphatic carbocycles. The smallest absolute Gasteiger partial charge is 0.264 e. The average Bonchev–Trinajstić information content (AvgIpc) is 3.08. The van der Waals surface area contributed by atoms with Gasteiger partial charge in [-0.15, -0.1) is 11.3 Å². The van der Waals surface area contributed by atoms with Gasteiger partial charge < -0.3 is 9.64 Å². The first kappa shape index (κ1) is 12.4. The number of benzene rings is 1. The molecule has 0 bridgehead atoms. The van der Waals surface area contributed by atoms with Gasteiger partial charge in [0.2, 0.25) is 0 Å². The highest BCUT2D eigenvalue weighted by Crippen LogP contribution is 2.34. The molecule has 2 aromatic rings. The van der Waals surface area contributed by atoms with Crippen LogP contribution in [0.3, 0.4) is 0 Å². The molecule has 4 heteroatoms. The van der Waals surface area contributed by atoms with Crippen molar-refractivity contribution in [2.75, 3.05) is 13.1 Å². The second-order valence-corrected chi connectivity index (χ2v) is 6.92. The van der Waals surface area contributed by atoms with Crippen LogP contribution < -0.4 is 0 Å². The van der Waals surface area contributed by atoms with Crippen LogP contribution in [0.25, 0.3) is 10.1 Å². The van der Waals surface area contributed by atoms with E-state index in [4.69, 9.17) is 4.74 Å². The van der Waals surface area contributed by atoms with Crippen molar-refractivity contribution in [2.45, 2.75) is 25.6 Å². The first-order valence-electron chi connectivity index (χ1n) is 7.14. The van der Waals surface area contributed by atoms with Crippen molar-refractivity contribution in [3.63, 3.8) is 0 Å². The molecule has 0 unspecified atom stereocenters. The van der Waals surface area contributed by atoms with Crippen molar-refractivity contribution >= 4 is 27.3 Å². The zero-order valence-corrected chi connectivity index (χ0v) is 12.2. The molecule has 1 amide bonds. The third kappa shape index (κ3) is 1.95. The maximum absolute atomic E-state index is 12.6. The van der Waals surface area contributed by atoms with E-state index in [1.165, 1.54) is 4.70 Å². The third-order valence-corrected chi connectivity index (χ3v) is 5.45. The molecule has 0 N–H and O–H groups in total. The fraction of sp³-hybridized carbons (Fsp3) is 0.438. The molecule has 2 aliphatic rings. The molecule has 3 atom stereocenters. The molecule has 1 aromatic heterocycles. The predicted molar refractivity (Wildman–Crippen MR) is 80.2 cm³/mol. The normalized spacial score (nSPS) is 29.1. The van der Waals surface area contributed by atoms with Crippen LogP contribution in [-0.2, 0) is 4.74 Å². The largest absolute Gasteiger partial charge is 0.373 e. The monoisotopic (exact) mass is 287 g/mol. The summed E-state index contributed by atoms with van der Waals surface area (Å²) < 4.78 is 7.05. The Bertz CT molecular complexity index is 618. The van der Waals surface area contributed by atoms with Gasteiger partial charge >= 0.3 is 0 Å². The van der Waals surface area contributed by atoms with Gasteiger partial charge in [-0.05, 0) is 30.9 Å². The number of thiophene rings is 1. The van der Waals surface area contributed by atoms with Crippen molar-refractivity contribution in [2.24, 2.45) is 5.92 Å². The molecule has 1 aromatic carbocycles. The zero-order valence-electron chi connectivity index (χ0n) is 11.4. The fourth-order valence-electron chi connectivity index (χ4n) is 3.41. The number of fused-ring (bicyclic) bond motifs is 2. The average molecular weight is 287 g/mol. The summed E-state index contributed by atoms with van der Waals surface area (Å²) >= 11 is 1.59. The Morgan fingerprint density at radius 2 is 2.20 bits per heavy atom. The molecule has 2 saturated heterocycles. The van der Waals surface area contributed by atoms with Crippen LogP contribution in [-0.4, -0.2) is 36.1 Å². The SMILES string of the molecule is C[C@@H]1C[C@H]2CN(C(=O)c3cc4ccccc4s3)C[C@H]2O1. The second-order valence-electron chi connectivity index (χ2n) is 5.84. The Labute approximate surface area is 122 Å². The van der Waals surface area contributed by atoms with E-state index < -0.39 is 0 Å². The summed E-state index contributed by atoms with van der Waals surface area (Å²) in [6, 6.07) is 10.2. The molecule has 0 radical (unpaired) electrons. The van der Waals surface area contributed by atoms with E-state index in [0.717, 1.165) is 29.8 Å². The number of likely N-dealkylation sites (tertiary alicyclic amines) is 1. The maximum Gasteiger partial charge on any atom is 0.264 e. The number of amides is 1. The number of hydrogen-bond acceptors (Lipinski definition) is 3. The molecule has 2 fully saturated rings. The van der Waals surface area contributed by atoms with Gasteiger partial charge in [0.1, 0.15) is 0 Å². The fourth-order valence-corrected chi connectivity index (χ4v) is 4.44. The van der Waals surface area contributed by atoms with Gasteiger partial charge in [0, 0.05) is 23.7 Å². The molecule has 20 heavy (non-hydrogen) atoms. The van der Waals surface area contributed by atoms with E-state index in [-0.39, 0.29) is 12.0 Å². The van der Waals surface area contributed by atoms with Crippen molar-refractivity contribution in [3.8, 4) is 0 Å². The topological polar surface area (TPSA) is 29.5 Å². The Balaban J connectivity index is 1.56. The molecule has 104 valence electrons. The zero-order chi connectivity index (χ0) is 13.7. The van der Waals surface area contributed by atoms with Crippen LogP contribution >= 0.6 is 11.3 Å². The van der Waals surface area contributed by atoms with Crippen LogP contribution in [0.2, 0.25) is 0 Å². The van der Waals surface area contributed by atoms with Crippen LogP contribution in [0.1, 0.15) is 23.0 Å². The lowest BCUT2D eigenvalue weighted by molar-refractivity contribution is 0.0445. The van der Waals surface area contributed by atoms with Gasteiger partial charge in [0.05, 0.1) is 17.1 Å². The maximum atomic E-state index is 12.6. The summed E-state index contributed by atoms with van der Waals surface area (Å²) in [5.74, 6) is 0.695. The molecular weight excluding hydrogens is 270 g/mol. The second kappa shape index (κ2) is 4.57. The molecule has 3 nitrogen and oxygen atoms in total. The summed E-state index contributed by atoms with van der Waals surface area (Å²) in [5.41, 5.74) is 0. The van der Waals surface area contributed by atoms with Gasteiger partial charge in [0.15, 0.2) is 0 Å². The quantitative estimate of drug-likeness (QED) is 0.806. The highest BCUT2D eigenvalue weighted by Gasteiger charge is 2.42. The number of ether oxygens (including phenoxy) is 1. The van der Waals surface area contributed by atoms with Gasteiger partial charge in [-0.25, -0.2) is 0 Å². The minimum Gasteiger partial charge on any atom is -0.373 e. The van der Waals surface area contributed by atoms with E-state index in [2.05, 4.69) is 19.1 Å². The van der Waals surface area contributed by atoms with Crippen molar-refractivity contribution in [1.29, 1.82) is 0 Å². The van der Waals surface area contributed by atoms with E-state index in [9.17, 15) is 4.79 Å². The van der Waals surface area contributed by atoms with E-state index in [1.807, 2.05) is 23.1 Å². The first-order valence-corrected chi connectivity index (χ1v) is 7.95. The van der Waals surface area contributed by atoms with Crippen molar-refractivity contribution in [1.82, 2.24) is 4.90 Å². The lowest BCUT2D eigenvalue weighted by Gasteiger charge is -2.17. The lowest BCUT2D eigenvalue weighted by atomic mass is 10.0. The van der Waals surface area contributed by atoms with Crippen LogP contribution in [0.15, 0.2) is 30.3 Å². The Morgan fingerprint density at radius 1 is 1.35 bits per heavy atom. The van der Waals surface area contributed by atoms with E-state index in [1.54, 1.807) is 11.3 Å². The van der Waals surface area contributed by atoms with Gasteiger partial charge in [0.25, 0.3) is 5.91 Å².